The zero-order chi connectivity index (χ0) is 13.1. The summed E-state index contributed by atoms with van der Waals surface area (Å²) in [5, 5.41) is 3.43. The van der Waals surface area contributed by atoms with Crippen molar-refractivity contribution in [2.75, 3.05) is 18.5 Å². The van der Waals surface area contributed by atoms with Gasteiger partial charge in [0.15, 0.2) is 0 Å². The number of hydrogen-bond donors (Lipinski definition) is 1. The van der Waals surface area contributed by atoms with E-state index in [1.54, 1.807) is 0 Å². The molecule has 2 aromatic carbocycles. The second kappa shape index (κ2) is 5.07. The lowest BCUT2D eigenvalue weighted by Crippen LogP contribution is -2.13. The van der Waals surface area contributed by atoms with Crippen molar-refractivity contribution in [2.24, 2.45) is 0 Å². The van der Waals surface area contributed by atoms with Crippen LogP contribution in [0.4, 0.5) is 5.69 Å². The lowest BCUT2D eigenvalue weighted by Gasteiger charge is -2.11. The van der Waals surface area contributed by atoms with Gasteiger partial charge in [-0.15, -0.1) is 6.42 Å². The smallest absolute Gasteiger partial charge is 0.122 e. The van der Waals surface area contributed by atoms with E-state index in [2.05, 4.69) is 23.4 Å². The molecule has 0 saturated carbocycles. The van der Waals surface area contributed by atoms with Crippen LogP contribution in [-0.4, -0.2) is 13.2 Å². The Morgan fingerprint density at radius 1 is 1.21 bits per heavy atom. The van der Waals surface area contributed by atoms with Gasteiger partial charge in [0.05, 0.1) is 6.61 Å². The maximum Gasteiger partial charge on any atom is 0.122 e. The van der Waals surface area contributed by atoms with Gasteiger partial charge in [0.2, 0.25) is 0 Å². The number of benzene rings is 2. The van der Waals surface area contributed by atoms with Gasteiger partial charge >= 0.3 is 0 Å². The van der Waals surface area contributed by atoms with Crippen LogP contribution < -0.4 is 10.1 Å². The number of ether oxygens (including phenoxy) is 1. The first-order valence-electron chi connectivity index (χ1n) is 6.39. The molecule has 1 aliphatic heterocycles. The van der Waals surface area contributed by atoms with Gasteiger partial charge in [-0.25, -0.2) is 0 Å². The molecule has 1 heterocycles. The average Bonchev–Trinajstić information content (AvgIpc) is 2.89. The van der Waals surface area contributed by atoms with Crippen molar-refractivity contribution in [1.29, 1.82) is 0 Å². The Morgan fingerprint density at radius 3 is 3.00 bits per heavy atom. The number of nitrogens with one attached hydrogen (secondary N) is 1. The van der Waals surface area contributed by atoms with Crippen molar-refractivity contribution in [3.8, 4) is 18.1 Å². The zero-order valence-corrected chi connectivity index (χ0v) is 10.6. The van der Waals surface area contributed by atoms with E-state index in [0.29, 0.717) is 5.92 Å². The van der Waals surface area contributed by atoms with Crippen molar-refractivity contribution < 1.29 is 4.74 Å². The second-order valence-corrected chi connectivity index (χ2v) is 4.65. The van der Waals surface area contributed by atoms with E-state index in [4.69, 9.17) is 11.2 Å². The molecule has 0 aromatic heterocycles. The Labute approximate surface area is 113 Å². The molecule has 0 spiro atoms. The zero-order valence-electron chi connectivity index (χ0n) is 10.6. The lowest BCUT2D eigenvalue weighted by molar-refractivity contribution is 0.334. The Bertz CT molecular complexity index is 627. The highest BCUT2D eigenvalue weighted by Crippen LogP contribution is 2.33. The minimum atomic E-state index is 0.394. The fourth-order valence-electron chi connectivity index (χ4n) is 2.36. The summed E-state index contributed by atoms with van der Waals surface area (Å²) in [5.41, 5.74) is 3.23. The number of anilines is 1. The van der Waals surface area contributed by atoms with E-state index in [-0.39, 0.29) is 0 Å². The van der Waals surface area contributed by atoms with Gasteiger partial charge in [-0.2, -0.15) is 0 Å². The van der Waals surface area contributed by atoms with Crippen molar-refractivity contribution >= 4 is 5.69 Å². The topological polar surface area (TPSA) is 21.3 Å². The molecule has 2 aromatic rings. The minimum absolute atomic E-state index is 0.394. The maximum absolute atomic E-state index is 5.67. The third kappa shape index (κ3) is 2.41. The van der Waals surface area contributed by atoms with Gasteiger partial charge in [0, 0.05) is 29.3 Å². The van der Waals surface area contributed by atoms with Crippen molar-refractivity contribution in [2.45, 2.75) is 5.92 Å². The van der Waals surface area contributed by atoms with E-state index in [9.17, 15) is 0 Å². The van der Waals surface area contributed by atoms with Gasteiger partial charge in [-0.05, 0) is 24.3 Å². The summed E-state index contributed by atoms with van der Waals surface area (Å²) in [4.78, 5) is 0. The van der Waals surface area contributed by atoms with E-state index in [0.717, 1.165) is 30.2 Å². The summed E-state index contributed by atoms with van der Waals surface area (Å²) in [6, 6.07) is 16.1. The van der Waals surface area contributed by atoms with Crippen LogP contribution in [0.5, 0.6) is 5.75 Å². The number of terminal acetylenes is 1. The average molecular weight is 249 g/mol. The molecule has 2 nitrogen and oxygen atoms in total. The minimum Gasteiger partial charge on any atom is -0.493 e. The summed E-state index contributed by atoms with van der Waals surface area (Å²) >= 11 is 0. The Morgan fingerprint density at radius 2 is 2.11 bits per heavy atom. The fraction of sp³-hybridized carbons (Fsp3) is 0.176. The highest BCUT2D eigenvalue weighted by atomic mass is 16.5. The Hall–Kier alpha value is -2.40. The molecule has 0 radical (unpaired) electrons. The predicted octanol–water partition coefficient (Wildman–Crippen LogP) is 3.26. The van der Waals surface area contributed by atoms with Crippen LogP contribution in [0.15, 0.2) is 48.5 Å². The highest BCUT2D eigenvalue weighted by molar-refractivity contribution is 5.51. The maximum atomic E-state index is 5.67. The first kappa shape index (κ1) is 11.7. The molecule has 2 heteroatoms. The van der Waals surface area contributed by atoms with Gasteiger partial charge in [-0.1, -0.05) is 30.2 Å². The normalized spacial score (nSPS) is 16.3. The molecular formula is C17H15NO. The summed E-state index contributed by atoms with van der Waals surface area (Å²) in [5.74, 6) is 4.05. The lowest BCUT2D eigenvalue weighted by atomic mass is 10.0. The first-order valence-corrected chi connectivity index (χ1v) is 6.39. The predicted molar refractivity (Wildman–Crippen MR) is 77.5 cm³/mol. The molecule has 0 bridgehead atoms. The number of rotatable bonds is 3. The van der Waals surface area contributed by atoms with Crippen molar-refractivity contribution in [3.63, 3.8) is 0 Å². The van der Waals surface area contributed by atoms with Crippen molar-refractivity contribution in [1.82, 2.24) is 0 Å². The molecule has 1 aliphatic rings. The van der Waals surface area contributed by atoms with Crippen LogP contribution in [0.1, 0.15) is 17.0 Å². The van der Waals surface area contributed by atoms with E-state index < -0.39 is 0 Å². The Balaban J connectivity index is 1.69. The summed E-state index contributed by atoms with van der Waals surface area (Å²) in [6.07, 6.45) is 5.40. The van der Waals surface area contributed by atoms with Crippen LogP contribution in [0.2, 0.25) is 0 Å². The SMILES string of the molecule is C#Cc1cccc(NCC2COc3ccccc32)c1. The van der Waals surface area contributed by atoms with Gasteiger partial charge in [0.1, 0.15) is 5.75 Å². The number of hydrogen-bond acceptors (Lipinski definition) is 2. The first-order chi connectivity index (χ1) is 9.36. The van der Waals surface area contributed by atoms with Crippen LogP contribution in [0, 0.1) is 12.3 Å². The second-order valence-electron chi connectivity index (χ2n) is 4.65. The molecular weight excluding hydrogens is 234 g/mol. The van der Waals surface area contributed by atoms with Crippen LogP contribution in [0.3, 0.4) is 0 Å². The molecule has 19 heavy (non-hydrogen) atoms. The van der Waals surface area contributed by atoms with Crippen molar-refractivity contribution in [3.05, 3.63) is 59.7 Å². The van der Waals surface area contributed by atoms with Gasteiger partial charge in [0.25, 0.3) is 0 Å². The third-order valence-electron chi connectivity index (χ3n) is 3.38. The summed E-state index contributed by atoms with van der Waals surface area (Å²) in [6.45, 7) is 1.59. The molecule has 3 rings (SSSR count). The number of para-hydroxylation sites is 1. The number of fused-ring (bicyclic) bond motifs is 1. The van der Waals surface area contributed by atoms with Gasteiger partial charge < -0.3 is 10.1 Å². The van der Waals surface area contributed by atoms with Crippen LogP contribution in [-0.2, 0) is 0 Å². The van der Waals surface area contributed by atoms with Gasteiger partial charge in [-0.3, -0.25) is 0 Å². The molecule has 1 unspecified atom stereocenters. The summed E-state index contributed by atoms with van der Waals surface area (Å²) < 4.78 is 5.67. The standard InChI is InChI=1S/C17H15NO/c1-2-13-6-5-7-15(10-13)18-11-14-12-19-17-9-4-3-8-16(14)17/h1,3-10,14,18H,11-12H2. The van der Waals surface area contributed by atoms with E-state index in [1.165, 1.54) is 5.56 Å². The molecule has 0 fully saturated rings. The molecule has 94 valence electrons. The highest BCUT2D eigenvalue weighted by Gasteiger charge is 2.22. The van der Waals surface area contributed by atoms with E-state index >= 15 is 0 Å². The largest absolute Gasteiger partial charge is 0.493 e. The molecule has 0 amide bonds. The molecule has 1 N–H and O–H groups in total. The molecule has 0 saturated heterocycles. The van der Waals surface area contributed by atoms with Crippen LogP contribution in [0.25, 0.3) is 0 Å². The fourth-order valence-corrected chi connectivity index (χ4v) is 2.36. The summed E-state index contributed by atoms with van der Waals surface area (Å²) in [7, 11) is 0. The monoisotopic (exact) mass is 249 g/mol. The molecule has 0 aliphatic carbocycles. The molecule has 1 atom stereocenters. The third-order valence-corrected chi connectivity index (χ3v) is 3.38. The Kier molecular flexibility index (Phi) is 3.12. The van der Waals surface area contributed by atoms with E-state index in [1.807, 2.05) is 36.4 Å². The quantitative estimate of drug-likeness (QED) is 0.843. The van der Waals surface area contributed by atoms with Crippen LogP contribution >= 0.6 is 0 Å².